The van der Waals surface area contributed by atoms with Crippen LogP contribution in [-0.2, 0) is 0 Å². The van der Waals surface area contributed by atoms with E-state index in [1.54, 1.807) is 0 Å². The van der Waals surface area contributed by atoms with Crippen molar-refractivity contribution in [3.8, 4) is 0 Å². The molecule has 1 heterocycles. The molecule has 24 heavy (non-hydrogen) atoms. The summed E-state index contributed by atoms with van der Waals surface area (Å²) in [4.78, 5) is 6.89. The van der Waals surface area contributed by atoms with Gasteiger partial charge in [-0.15, -0.1) is 0 Å². The smallest absolute Gasteiger partial charge is 0.0630 e. The van der Waals surface area contributed by atoms with Gasteiger partial charge in [-0.25, -0.2) is 0 Å². The molecule has 2 aromatic rings. The number of nitrogens with zero attached hydrogens (tertiary/aromatic N) is 2. The fourth-order valence-electron chi connectivity index (χ4n) is 3.37. The maximum Gasteiger partial charge on any atom is 0.0630 e. The Hall–Kier alpha value is -1.32. The number of aliphatic imine (C=N–C) groups is 1. The van der Waals surface area contributed by atoms with Crippen molar-refractivity contribution in [2.24, 2.45) is 4.99 Å². The molecule has 0 aliphatic carbocycles. The topological polar surface area (TPSA) is 15.6 Å². The van der Waals surface area contributed by atoms with Crippen LogP contribution in [-0.4, -0.2) is 18.8 Å². The molecule has 0 N–H and O–H groups in total. The first-order valence-corrected chi connectivity index (χ1v) is 9.32. The van der Waals surface area contributed by atoms with Gasteiger partial charge in [-0.1, -0.05) is 34.5 Å². The minimum atomic E-state index is 0.142. The van der Waals surface area contributed by atoms with Crippen LogP contribution in [0.3, 0.4) is 0 Å². The van der Waals surface area contributed by atoms with E-state index >= 15 is 0 Å². The van der Waals surface area contributed by atoms with Gasteiger partial charge in [0.2, 0.25) is 0 Å². The maximum atomic E-state index is 6.53. The summed E-state index contributed by atoms with van der Waals surface area (Å²) in [6.45, 7) is 6.85. The summed E-state index contributed by atoms with van der Waals surface area (Å²) >= 11 is 9.97. The second-order valence-corrected chi connectivity index (χ2v) is 8.47. The molecular weight excluding hydrogens is 384 g/mol. The first-order valence-electron chi connectivity index (χ1n) is 8.15. The van der Waals surface area contributed by atoms with Crippen LogP contribution >= 0.6 is 27.5 Å². The summed E-state index contributed by atoms with van der Waals surface area (Å²) in [5.41, 5.74) is 4.60. The quantitative estimate of drug-likeness (QED) is 0.515. The molecule has 0 unspecified atom stereocenters. The maximum absolute atomic E-state index is 6.53. The van der Waals surface area contributed by atoms with Crippen LogP contribution in [0.4, 0.5) is 11.4 Å². The van der Waals surface area contributed by atoms with Crippen LogP contribution in [0.5, 0.6) is 0 Å². The van der Waals surface area contributed by atoms with E-state index in [0.29, 0.717) is 5.92 Å². The minimum Gasteiger partial charge on any atom is -0.369 e. The van der Waals surface area contributed by atoms with Crippen molar-refractivity contribution in [3.63, 3.8) is 0 Å². The Balaban J connectivity index is 1.97. The lowest BCUT2D eigenvalue weighted by atomic mass is 9.80. The van der Waals surface area contributed by atoms with Crippen molar-refractivity contribution < 1.29 is 0 Å². The number of benzene rings is 2. The molecular formula is C20H22BrClN2. The van der Waals surface area contributed by atoms with Crippen molar-refractivity contribution in [2.45, 2.75) is 38.6 Å². The third-order valence-corrected chi connectivity index (χ3v) is 5.79. The van der Waals surface area contributed by atoms with Gasteiger partial charge in [-0.05, 0) is 68.1 Å². The lowest BCUT2D eigenvalue weighted by Crippen LogP contribution is -2.45. The zero-order valence-corrected chi connectivity index (χ0v) is 16.8. The second kappa shape index (κ2) is 6.53. The van der Waals surface area contributed by atoms with E-state index < -0.39 is 0 Å². The molecule has 2 aromatic carbocycles. The molecule has 0 radical (unpaired) electrons. The van der Waals surface area contributed by atoms with Crippen LogP contribution in [0, 0.1) is 0 Å². The second-order valence-electron chi connectivity index (χ2n) is 7.14. The van der Waals surface area contributed by atoms with Crippen LogP contribution in [0.2, 0.25) is 5.02 Å². The Morgan fingerprint density at radius 3 is 2.58 bits per heavy atom. The highest BCUT2D eigenvalue weighted by Crippen LogP contribution is 2.44. The van der Waals surface area contributed by atoms with Gasteiger partial charge in [-0.2, -0.15) is 0 Å². The number of anilines is 1. The van der Waals surface area contributed by atoms with Crippen LogP contribution in [0.25, 0.3) is 0 Å². The molecule has 0 spiro atoms. The summed E-state index contributed by atoms with van der Waals surface area (Å²) in [5, 5.41) is 0.742. The SMILES string of the molecule is C[C@H]1CC(C)(C)N(C)c2cc(Cl)c(C=Nc3ccc(Br)cc3)cc21. The summed E-state index contributed by atoms with van der Waals surface area (Å²) in [7, 11) is 2.15. The third-order valence-electron chi connectivity index (χ3n) is 4.93. The monoisotopic (exact) mass is 404 g/mol. The van der Waals surface area contributed by atoms with E-state index in [2.05, 4.69) is 65.8 Å². The predicted molar refractivity (Wildman–Crippen MR) is 108 cm³/mol. The molecule has 0 saturated carbocycles. The van der Waals surface area contributed by atoms with Crippen molar-refractivity contribution in [3.05, 3.63) is 57.0 Å². The van der Waals surface area contributed by atoms with E-state index in [9.17, 15) is 0 Å². The predicted octanol–water partition coefficient (Wildman–Crippen LogP) is 6.58. The largest absolute Gasteiger partial charge is 0.369 e. The van der Waals surface area contributed by atoms with E-state index in [1.807, 2.05) is 30.5 Å². The number of fused-ring (bicyclic) bond motifs is 1. The fourth-order valence-corrected chi connectivity index (χ4v) is 3.85. The first kappa shape index (κ1) is 17.5. The number of rotatable bonds is 2. The van der Waals surface area contributed by atoms with E-state index in [0.717, 1.165) is 27.2 Å². The average Bonchev–Trinajstić information content (AvgIpc) is 2.52. The zero-order chi connectivity index (χ0) is 17.5. The molecule has 126 valence electrons. The van der Waals surface area contributed by atoms with E-state index in [1.165, 1.54) is 11.3 Å². The molecule has 0 saturated heterocycles. The van der Waals surface area contributed by atoms with Crippen molar-refractivity contribution in [1.29, 1.82) is 0 Å². The Kier molecular flexibility index (Phi) is 4.76. The Morgan fingerprint density at radius 2 is 1.92 bits per heavy atom. The van der Waals surface area contributed by atoms with Crippen LogP contribution < -0.4 is 4.90 Å². The fraction of sp³-hybridized carbons (Fsp3) is 0.350. The average molecular weight is 406 g/mol. The zero-order valence-electron chi connectivity index (χ0n) is 14.5. The van der Waals surface area contributed by atoms with Crippen LogP contribution in [0.15, 0.2) is 45.9 Å². The summed E-state index contributed by atoms with van der Waals surface area (Å²) in [6, 6.07) is 12.2. The molecule has 4 heteroatoms. The summed E-state index contributed by atoms with van der Waals surface area (Å²) in [5.74, 6) is 0.503. The highest BCUT2D eigenvalue weighted by Gasteiger charge is 2.34. The molecule has 2 nitrogen and oxygen atoms in total. The summed E-state index contributed by atoms with van der Waals surface area (Å²) < 4.78 is 1.05. The van der Waals surface area contributed by atoms with Crippen molar-refractivity contribution >= 4 is 45.1 Å². The van der Waals surface area contributed by atoms with Gasteiger partial charge in [0.15, 0.2) is 0 Å². The Morgan fingerprint density at radius 1 is 1.25 bits per heavy atom. The van der Waals surface area contributed by atoms with E-state index in [-0.39, 0.29) is 5.54 Å². The standard InChI is InChI=1S/C20H22BrClN2/c1-13-11-20(2,3)24(4)19-10-18(22)14(9-17(13)19)12-23-16-7-5-15(21)6-8-16/h5-10,12-13H,11H2,1-4H3/t13-/m0/s1. The molecule has 1 atom stereocenters. The van der Waals surface area contributed by atoms with Crippen molar-refractivity contribution in [2.75, 3.05) is 11.9 Å². The summed E-state index contributed by atoms with van der Waals surface area (Å²) in [6.07, 6.45) is 2.99. The molecule has 1 aliphatic heterocycles. The highest BCUT2D eigenvalue weighted by molar-refractivity contribution is 9.10. The Bertz CT molecular complexity index is 781. The van der Waals surface area contributed by atoms with Gasteiger partial charge in [-0.3, -0.25) is 4.99 Å². The molecule has 0 fully saturated rings. The Labute approximate surface area is 157 Å². The molecule has 1 aliphatic rings. The van der Waals surface area contributed by atoms with Gasteiger partial charge in [0, 0.05) is 34.5 Å². The highest BCUT2D eigenvalue weighted by atomic mass is 79.9. The first-order chi connectivity index (χ1) is 11.3. The van der Waals surface area contributed by atoms with Gasteiger partial charge < -0.3 is 4.90 Å². The lowest BCUT2D eigenvalue weighted by molar-refractivity contribution is 0.395. The number of hydrogen-bond donors (Lipinski definition) is 0. The molecule has 0 bridgehead atoms. The van der Waals surface area contributed by atoms with Crippen molar-refractivity contribution in [1.82, 2.24) is 0 Å². The minimum absolute atomic E-state index is 0.142. The van der Waals surface area contributed by atoms with Gasteiger partial charge in [0.25, 0.3) is 0 Å². The van der Waals surface area contributed by atoms with Crippen LogP contribution in [0.1, 0.15) is 44.2 Å². The molecule has 0 aromatic heterocycles. The molecule has 3 rings (SSSR count). The third kappa shape index (κ3) is 3.38. The number of halogens is 2. The van der Waals surface area contributed by atoms with Gasteiger partial charge in [0.1, 0.15) is 0 Å². The lowest BCUT2D eigenvalue weighted by Gasteiger charge is -2.45. The normalized spacial score (nSPS) is 19.6. The molecule has 0 amide bonds. The van der Waals surface area contributed by atoms with Gasteiger partial charge >= 0.3 is 0 Å². The van der Waals surface area contributed by atoms with Gasteiger partial charge in [0.05, 0.1) is 10.7 Å². The number of hydrogen-bond acceptors (Lipinski definition) is 2. The van der Waals surface area contributed by atoms with E-state index in [4.69, 9.17) is 11.6 Å².